The molecule has 3 aromatic rings. The van der Waals surface area contributed by atoms with Crippen molar-refractivity contribution in [2.45, 2.75) is 51.9 Å². The lowest BCUT2D eigenvalue weighted by Crippen LogP contribution is -2.39. The monoisotopic (exact) mass is 389 g/mol. The third-order valence-electron chi connectivity index (χ3n) is 6.20. The van der Waals surface area contributed by atoms with Gasteiger partial charge in [-0.15, -0.1) is 0 Å². The summed E-state index contributed by atoms with van der Waals surface area (Å²) in [5, 5.41) is 1.07. The molecular weight excluding hydrogens is 358 g/mol. The zero-order valence-electron chi connectivity index (χ0n) is 17.8. The number of nitrogens with zero attached hydrogens (tertiary/aromatic N) is 1. The Kier molecular flexibility index (Phi) is 5.49. The van der Waals surface area contributed by atoms with E-state index in [9.17, 15) is 4.79 Å². The zero-order chi connectivity index (χ0) is 20.4. The SMILES string of the molecule is CC(C)(C)c1ccc2occ(CC(=O)N3CCC(Cc4ccccc4)CC3)c2c1. The van der Waals surface area contributed by atoms with Gasteiger partial charge in [0.05, 0.1) is 12.7 Å². The fraction of sp³-hybridized carbons (Fsp3) is 0.423. The minimum absolute atomic E-state index is 0.0768. The van der Waals surface area contributed by atoms with Crippen molar-refractivity contribution >= 4 is 16.9 Å². The fourth-order valence-electron chi connectivity index (χ4n) is 4.29. The summed E-state index contributed by atoms with van der Waals surface area (Å²) in [6.45, 7) is 8.34. The van der Waals surface area contributed by atoms with E-state index in [-0.39, 0.29) is 11.3 Å². The van der Waals surface area contributed by atoms with Gasteiger partial charge in [0.15, 0.2) is 0 Å². The molecule has 0 bridgehead atoms. The first-order valence-electron chi connectivity index (χ1n) is 10.7. The van der Waals surface area contributed by atoms with Crippen LogP contribution in [0.4, 0.5) is 0 Å². The summed E-state index contributed by atoms with van der Waals surface area (Å²) in [4.78, 5) is 15.0. The largest absolute Gasteiger partial charge is 0.464 e. The van der Waals surface area contributed by atoms with E-state index in [1.165, 1.54) is 11.1 Å². The number of hydrogen-bond acceptors (Lipinski definition) is 2. The number of fused-ring (bicyclic) bond motifs is 1. The molecule has 3 nitrogen and oxygen atoms in total. The Morgan fingerprint density at radius 2 is 1.79 bits per heavy atom. The maximum atomic E-state index is 12.9. The van der Waals surface area contributed by atoms with Crippen LogP contribution in [0.5, 0.6) is 0 Å². The van der Waals surface area contributed by atoms with Crippen LogP contribution in [0, 0.1) is 5.92 Å². The van der Waals surface area contributed by atoms with Crippen molar-refractivity contribution in [3.63, 3.8) is 0 Å². The van der Waals surface area contributed by atoms with Crippen molar-refractivity contribution < 1.29 is 9.21 Å². The van der Waals surface area contributed by atoms with Crippen molar-refractivity contribution in [1.82, 2.24) is 4.90 Å². The van der Waals surface area contributed by atoms with Gasteiger partial charge in [0.2, 0.25) is 5.91 Å². The average Bonchev–Trinajstić information content (AvgIpc) is 3.11. The van der Waals surface area contributed by atoms with Gasteiger partial charge in [-0.25, -0.2) is 0 Å². The van der Waals surface area contributed by atoms with Gasteiger partial charge in [-0.1, -0.05) is 57.2 Å². The van der Waals surface area contributed by atoms with E-state index >= 15 is 0 Å². The lowest BCUT2D eigenvalue weighted by Gasteiger charge is -2.32. The molecule has 1 aliphatic heterocycles. The van der Waals surface area contributed by atoms with Gasteiger partial charge in [0, 0.05) is 24.0 Å². The highest BCUT2D eigenvalue weighted by molar-refractivity contribution is 5.88. The van der Waals surface area contributed by atoms with E-state index in [4.69, 9.17) is 4.42 Å². The Labute approximate surface area is 173 Å². The van der Waals surface area contributed by atoms with Crippen LogP contribution in [0.15, 0.2) is 59.2 Å². The number of carbonyl (C=O) groups is 1. The molecule has 4 rings (SSSR count). The van der Waals surface area contributed by atoms with Crippen LogP contribution in [0.25, 0.3) is 11.0 Å². The van der Waals surface area contributed by atoms with Gasteiger partial charge >= 0.3 is 0 Å². The van der Waals surface area contributed by atoms with Gasteiger partial charge < -0.3 is 9.32 Å². The van der Waals surface area contributed by atoms with Crippen LogP contribution in [0.2, 0.25) is 0 Å². The molecular formula is C26H31NO2. The van der Waals surface area contributed by atoms with Gasteiger partial charge in [-0.2, -0.15) is 0 Å². The number of amides is 1. The molecule has 0 N–H and O–H groups in total. The normalized spacial score (nSPS) is 15.8. The van der Waals surface area contributed by atoms with Gasteiger partial charge in [0.1, 0.15) is 5.58 Å². The standard InChI is InChI=1S/C26H31NO2/c1-26(2,3)22-9-10-24-23(17-22)21(18-29-24)16-25(28)27-13-11-20(12-14-27)15-19-7-5-4-6-8-19/h4-10,17-18,20H,11-16H2,1-3H3. The highest BCUT2D eigenvalue weighted by atomic mass is 16.3. The van der Waals surface area contributed by atoms with Crippen LogP contribution < -0.4 is 0 Å². The van der Waals surface area contributed by atoms with E-state index in [1.807, 2.05) is 11.0 Å². The second-order valence-corrected chi connectivity index (χ2v) is 9.41. The van der Waals surface area contributed by atoms with E-state index in [0.717, 1.165) is 48.9 Å². The van der Waals surface area contributed by atoms with Crippen molar-refractivity contribution in [3.05, 3.63) is 71.5 Å². The number of furan rings is 1. The number of benzene rings is 2. The molecule has 0 saturated carbocycles. The molecule has 0 radical (unpaired) electrons. The highest BCUT2D eigenvalue weighted by Gasteiger charge is 2.24. The molecule has 1 aromatic heterocycles. The Hall–Kier alpha value is -2.55. The van der Waals surface area contributed by atoms with Crippen LogP contribution in [-0.2, 0) is 23.1 Å². The van der Waals surface area contributed by atoms with Gasteiger partial charge in [0.25, 0.3) is 0 Å². The van der Waals surface area contributed by atoms with E-state index in [2.05, 4.69) is 63.2 Å². The Morgan fingerprint density at radius 3 is 2.48 bits per heavy atom. The molecule has 0 unspecified atom stereocenters. The van der Waals surface area contributed by atoms with Crippen molar-refractivity contribution in [1.29, 1.82) is 0 Å². The third-order valence-corrected chi connectivity index (χ3v) is 6.20. The number of hydrogen-bond donors (Lipinski definition) is 0. The number of rotatable bonds is 4. The van der Waals surface area contributed by atoms with Crippen LogP contribution >= 0.6 is 0 Å². The molecule has 0 spiro atoms. The molecule has 2 heterocycles. The van der Waals surface area contributed by atoms with E-state index < -0.39 is 0 Å². The first-order chi connectivity index (χ1) is 13.9. The molecule has 0 aliphatic carbocycles. The Balaban J connectivity index is 1.39. The third kappa shape index (κ3) is 4.55. The number of carbonyl (C=O) groups excluding carboxylic acids is 1. The zero-order valence-corrected chi connectivity index (χ0v) is 17.8. The molecule has 3 heteroatoms. The smallest absolute Gasteiger partial charge is 0.227 e. The summed E-state index contributed by atoms with van der Waals surface area (Å²) in [6.07, 6.45) is 5.47. The maximum Gasteiger partial charge on any atom is 0.227 e. The lowest BCUT2D eigenvalue weighted by atomic mass is 9.86. The molecule has 1 aliphatic rings. The van der Waals surface area contributed by atoms with Crippen LogP contribution in [-0.4, -0.2) is 23.9 Å². The Morgan fingerprint density at radius 1 is 1.07 bits per heavy atom. The highest BCUT2D eigenvalue weighted by Crippen LogP contribution is 2.30. The maximum absolute atomic E-state index is 12.9. The molecule has 1 saturated heterocycles. The summed E-state index contributed by atoms with van der Waals surface area (Å²) in [5.41, 5.74) is 4.61. The summed E-state index contributed by atoms with van der Waals surface area (Å²) >= 11 is 0. The Bertz CT molecular complexity index is 973. The second kappa shape index (κ2) is 8.06. The topological polar surface area (TPSA) is 33.5 Å². The number of piperidine rings is 1. The summed E-state index contributed by atoms with van der Waals surface area (Å²) in [5.74, 6) is 0.887. The quantitative estimate of drug-likeness (QED) is 0.569. The summed E-state index contributed by atoms with van der Waals surface area (Å²) in [6, 6.07) is 17.0. The molecule has 2 aromatic carbocycles. The predicted octanol–water partition coefficient (Wildman–Crippen LogP) is 5.75. The summed E-state index contributed by atoms with van der Waals surface area (Å²) in [7, 11) is 0. The molecule has 1 amide bonds. The first-order valence-corrected chi connectivity index (χ1v) is 10.7. The molecule has 152 valence electrons. The molecule has 29 heavy (non-hydrogen) atoms. The minimum Gasteiger partial charge on any atom is -0.464 e. The first kappa shape index (κ1) is 19.8. The fourth-order valence-corrected chi connectivity index (χ4v) is 4.29. The molecule has 0 atom stereocenters. The van der Waals surface area contributed by atoms with Gasteiger partial charge in [-0.05, 0) is 53.9 Å². The van der Waals surface area contributed by atoms with Crippen molar-refractivity contribution in [2.24, 2.45) is 5.92 Å². The van der Waals surface area contributed by atoms with Crippen LogP contribution in [0.1, 0.15) is 50.3 Å². The molecule has 1 fully saturated rings. The number of likely N-dealkylation sites (tertiary alicyclic amines) is 1. The minimum atomic E-state index is 0.0768. The van der Waals surface area contributed by atoms with Crippen molar-refractivity contribution in [3.8, 4) is 0 Å². The van der Waals surface area contributed by atoms with E-state index in [1.54, 1.807) is 6.26 Å². The average molecular weight is 390 g/mol. The predicted molar refractivity (Wildman–Crippen MR) is 118 cm³/mol. The summed E-state index contributed by atoms with van der Waals surface area (Å²) < 4.78 is 5.72. The second-order valence-electron chi connectivity index (χ2n) is 9.41. The van der Waals surface area contributed by atoms with Crippen LogP contribution in [0.3, 0.4) is 0 Å². The van der Waals surface area contributed by atoms with E-state index in [0.29, 0.717) is 12.3 Å². The lowest BCUT2D eigenvalue weighted by molar-refractivity contribution is -0.131. The van der Waals surface area contributed by atoms with Gasteiger partial charge in [-0.3, -0.25) is 4.79 Å². The van der Waals surface area contributed by atoms with Crippen molar-refractivity contribution in [2.75, 3.05) is 13.1 Å².